The number of benzene rings is 1. The Labute approximate surface area is 160 Å². The third-order valence-corrected chi connectivity index (χ3v) is 5.93. The van der Waals surface area contributed by atoms with Gasteiger partial charge in [0.1, 0.15) is 11.5 Å². The summed E-state index contributed by atoms with van der Waals surface area (Å²) in [6.07, 6.45) is 1.76. The van der Waals surface area contributed by atoms with Crippen molar-refractivity contribution in [3.8, 4) is 0 Å². The van der Waals surface area contributed by atoms with Crippen molar-refractivity contribution >= 4 is 16.8 Å². The van der Waals surface area contributed by atoms with Crippen LogP contribution in [0, 0.1) is 5.82 Å². The molecule has 4 rings (SSSR count). The molecule has 1 amide bonds. The SMILES string of the molecule is O=C(c1cc(=O)c2cccc(F)c2[nH]1)N1CCC2(CC1)CC(O)(CO)CCO2. The number of pyridine rings is 1. The number of hydrogen-bond donors (Lipinski definition) is 3. The summed E-state index contributed by atoms with van der Waals surface area (Å²) in [6.45, 7) is 0.822. The second-order valence-corrected chi connectivity index (χ2v) is 7.84. The molecule has 1 atom stereocenters. The van der Waals surface area contributed by atoms with E-state index in [4.69, 9.17) is 4.74 Å². The van der Waals surface area contributed by atoms with Gasteiger partial charge in [0.2, 0.25) is 0 Å². The summed E-state index contributed by atoms with van der Waals surface area (Å²) in [4.78, 5) is 29.5. The van der Waals surface area contributed by atoms with Crippen LogP contribution in [0.2, 0.25) is 0 Å². The van der Waals surface area contributed by atoms with E-state index in [1.807, 2.05) is 0 Å². The van der Waals surface area contributed by atoms with Gasteiger partial charge in [-0.2, -0.15) is 0 Å². The first-order valence-corrected chi connectivity index (χ1v) is 9.43. The van der Waals surface area contributed by atoms with Crippen molar-refractivity contribution < 1.29 is 24.1 Å². The maximum absolute atomic E-state index is 14.0. The molecule has 8 heteroatoms. The second-order valence-electron chi connectivity index (χ2n) is 7.84. The summed E-state index contributed by atoms with van der Waals surface area (Å²) in [7, 11) is 0. The zero-order chi connectivity index (χ0) is 19.9. The molecule has 1 aromatic carbocycles. The molecule has 0 radical (unpaired) electrons. The molecule has 2 fully saturated rings. The summed E-state index contributed by atoms with van der Waals surface area (Å²) in [5.41, 5.74) is -2.04. The highest BCUT2D eigenvalue weighted by molar-refractivity contribution is 5.95. The number of aliphatic hydroxyl groups is 2. The summed E-state index contributed by atoms with van der Waals surface area (Å²) < 4.78 is 20.0. The van der Waals surface area contributed by atoms with Crippen molar-refractivity contribution in [3.63, 3.8) is 0 Å². The molecule has 150 valence electrons. The lowest BCUT2D eigenvalue weighted by atomic mass is 9.77. The minimum atomic E-state index is -1.15. The molecule has 3 heterocycles. The molecule has 7 nitrogen and oxygen atoms in total. The Morgan fingerprint density at radius 1 is 1.29 bits per heavy atom. The van der Waals surface area contributed by atoms with Gasteiger partial charge in [0.25, 0.3) is 5.91 Å². The minimum Gasteiger partial charge on any atom is -0.393 e. The number of aromatic nitrogens is 1. The van der Waals surface area contributed by atoms with Crippen LogP contribution in [-0.4, -0.2) is 63.5 Å². The Kier molecular flexibility index (Phi) is 4.73. The normalized spacial score (nSPS) is 24.6. The highest BCUT2D eigenvalue weighted by Gasteiger charge is 2.46. The number of piperidine rings is 1. The fraction of sp³-hybridized carbons (Fsp3) is 0.500. The molecule has 1 aromatic heterocycles. The Morgan fingerprint density at radius 2 is 2.04 bits per heavy atom. The van der Waals surface area contributed by atoms with Crippen LogP contribution >= 0.6 is 0 Å². The van der Waals surface area contributed by atoms with E-state index in [2.05, 4.69) is 4.98 Å². The number of nitrogens with one attached hydrogen (secondary N) is 1. The maximum Gasteiger partial charge on any atom is 0.270 e. The standard InChI is InChI=1S/C20H23FN2O5/c21-14-3-1-2-13-16(25)10-15(22-17(13)14)18(26)23-7-4-20(5-8-23)11-19(27,12-24)6-9-28-20/h1-3,10,24,27H,4-9,11-12H2,(H,22,25). The van der Waals surface area contributed by atoms with Gasteiger partial charge in [-0.1, -0.05) is 6.07 Å². The summed E-state index contributed by atoms with van der Waals surface area (Å²) in [6, 6.07) is 5.41. The molecule has 1 unspecified atom stereocenters. The van der Waals surface area contributed by atoms with Crippen LogP contribution in [0.1, 0.15) is 36.2 Å². The lowest BCUT2D eigenvalue weighted by Crippen LogP contribution is -2.56. The molecule has 2 aliphatic rings. The van der Waals surface area contributed by atoms with Crippen LogP contribution in [0.5, 0.6) is 0 Å². The van der Waals surface area contributed by atoms with Gasteiger partial charge in [-0.25, -0.2) is 4.39 Å². The van der Waals surface area contributed by atoms with E-state index in [0.717, 1.165) is 0 Å². The van der Waals surface area contributed by atoms with Gasteiger partial charge in [-0.15, -0.1) is 0 Å². The van der Waals surface area contributed by atoms with Gasteiger partial charge < -0.3 is 24.8 Å². The Balaban J connectivity index is 1.53. The molecule has 2 aliphatic heterocycles. The fourth-order valence-corrected chi connectivity index (χ4v) is 4.29. The van der Waals surface area contributed by atoms with Gasteiger partial charge >= 0.3 is 0 Å². The van der Waals surface area contributed by atoms with Crippen LogP contribution in [0.15, 0.2) is 29.1 Å². The monoisotopic (exact) mass is 390 g/mol. The number of carbonyl (C=O) groups excluding carboxylic acids is 1. The fourth-order valence-electron chi connectivity index (χ4n) is 4.29. The zero-order valence-electron chi connectivity index (χ0n) is 15.4. The molecule has 0 saturated carbocycles. The van der Waals surface area contributed by atoms with Crippen molar-refractivity contribution in [3.05, 3.63) is 46.0 Å². The molecule has 0 aliphatic carbocycles. The van der Waals surface area contributed by atoms with E-state index in [1.54, 1.807) is 4.90 Å². The smallest absolute Gasteiger partial charge is 0.270 e. The first-order chi connectivity index (χ1) is 13.3. The lowest BCUT2D eigenvalue weighted by Gasteiger charge is -2.48. The average molecular weight is 390 g/mol. The van der Waals surface area contributed by atoms with E-state index >= 15 is 0 Å². The largest absolute Gasteiger partial charge is 0.393 e. The number of para-hydroxylation sites is 1. The Hall–Kier alpha value is -2.29. The molecule has 3 N–H and O–H groups in total. The quantitative estimate of drug-likeness (QED) is 0.715. The van der Waals surface area contributed by atoms with Crippen LogP contribution in [0.4, 0.5) is 4.39 Å². The minimum absolute atomic E-state index is 0.0236. The molecule has 2 saturated heterocycles. The van der Waals surface area contributed by atoms with Crippen LogP contribution < -0.4 is 5.43 Å². The number of fused-ring (bicyclic) bond motifs is 1. The number of aromatic amines is 1. The molecule has 1 spiro atoms. The van der Waals surface area contributed by atoms with Crippen molar-refractivity contribution in [1.29, 1.82) is 0 Å². The van der Waals surface area contributed by atoms with Gasteiger partial charge in [-0.05, 0) is 25.0 Å². The highest BCUT2D eigenvalue weighted by atomic mass is 19.1. The Morgan fingerprint density at radius 3 is 2.75 bits per heavy atom. The van der Waals surface area contributed by atoms with Crippen LogP contribution in [0.3, 0.4) is 0 Å². The number of H-pyrrole nitrogens is 1. The van der Waals surface area contributed by atoms with Gasteiger partial charge in [0.15, 0.2) is 5.43 Å². The topological polar surface area (TPSA) is 103 Å². The van der Waals surface area contributed by atoms with E-state index in [-0.39, 0.29) is 29.1 Å². The summed E-state index contributed by atoms with van der Waals surface area (Å²) in [5, 5.41) is 20.1. The molecular weight excluding hydrogens is 367 g/mol. The number of likely N-dealkylation sites (tertiary alicyclic amines) is 1. The average Bonchev–Trinajstić information content (AvgIpc) is 2.69. The summed E-state index contributed by atoms with van der Waals surface area (Å²) in [5.74, 6) is -0.953. The van der Waals surface area contributed by atoms with Crippen molar-refractivity contribution in [2.24, 2.45) is 0 Å². The number of aliphatic hydroxyl groups excluding tert-OH is 1. The van der Waals surface area contributed by atoms with Gasteiger partial charge in [0, 0.05) is 37.4 Å². The predicted molar refractivity (Wildman–Crippen MR) is 99.6 cm³/mol. The summed E-state index contributed by atoms with van der Waals surface area (Å²) >= 11 is 0. The molecule has 2 aromatic rings. The predicted octanol–water partition coefficient (Wildman–Crippen LogP) is 1.18. The first-order valence-electron chi connectivity index (χ1n) is 9.43. The third-order valence-electron chi connectivity index (χ3n) is 5.93. The van der Waals surface area contributed by atoms with Crippen LogP contribution in [-0.2, 0) is 4.74 Å². The second kappa shape index (κ2) is 6.95. The number of nitrogens with zero attached hydrogens (tertiary/aromatic N) is 1. The molecule has 28 heavy (non-hydrogen) atoms. The number of ether oxygens (including phenoxy) is 1. The molecular formula is C20H23FN2O5. The van der Waals surface area contributed by atoms with Gasteiger partial charge in [0.05, 0.1) is 29.9 Å². The molecule has 0 bridgehead atoms. The van der Waals surface area contributed by atoms with Crippen molar-refractivity contribution in [2.75, 3.05) is 26.3 Å². The van der Waals surface area contributed by atoms with Crippen molar-refractivity contribution in [2.45, 2.75) is 36.9 Å². The number of carbonyl (C=O) groups is 1. The van der Waals surface area contributed by atoms with Gasteiger partial charge in [-0.3, -0.25) is 9.59 Å². The van der Waals surface area contributed by atoms with E-state index in [0.29, 0.717) is 45.4 Å². The van der Waals surface area contributed by atoms with E-state index < -0.39 is 22.4 Å². The van der Waals surface area contributed by atoms with E-state index in [9.17, 15) is 24.2 Å². The zero-order valence-corrected chi connectivity index (χ0v) is 15.4. The third kappa shape index (κ3) is 3.32. The lowest BCUT2D eigenvalue weighted by molar-refractivity contribution is -0.186. The van der Waals surface area contributed by atoms with E-state index in [1.165, 1.54) is 24.3 Å². The number of amides is 1. The van der Waals surface area contributed by atoms with Crippen LogP contribution in [0.25, 0.3) is 10.9 Å². The Bertz CT molecular complexity index is 967. The van der Waals surface area contributed by atoms with Crippen molar-refractivity contribution in [1.82, 2.24) is 9.88 Å². The number of halogens is 1. The first kappa shape index (κ1) is 19.0. The maximum atomic E-state index is 14.0. The highest BCUT2D eigenvalue weighted by Crippen LogP contribution is 2.39. The number of rotatable bonds is 2. The number of hydrogen-bond acceptors (Lipinski definition) is 5.